The van der Waals surface area contributed by atoms with E-state index in [2.05, 4.69) is 0 Å². The van der Waals surface area contributed by atoms with Crippen molar-refractivity contribution in [3.05, 3.63) is 59.8 Å². The second kappa shape index (κ2) is 21.1. The first kappa shape index (κ1) is 49.9. The summed E-state index contributed by atoms with van der Waals surface area (Å²) in [6, 6.07) is 0. The van der Waals surface area contributed by atoms with Crippen LogP contribution in [0.15, 0.2) is 59.8 Å². The van der Waals surface area contributed by atoms with Gasteiger partial charge in [0, 0.05) is 54.7 Å². The lowest BCUT2D eigenvalue weighted by molar-refractivity contribution is -0.348. The van der Waals surface area contributed by atoms with Crippen LogP contribution in [0.1, 0.15) is 106 Å². The standard InChI is InChI=1S/C45H66O16/c1-9-10-11-12-13-14-37(49)59-41-29(21-39(51)56-8)20-32-24-35(27(2)46)58-40(52)23-30(47)22-33-25-36(48)43(5,6)44(53,60-33)26-34-18-28(19-38(50)55-7)17-31(57-34)15-16-42(3,4)45(41,54)61-32/h11-16,19,21,27,30-36,41,46-48,53-54H,9-10,17-18,20,22-26H2,1-8H3/b12-11+,14-13+,16-15-,28-19+,29-21+/t27-,30+,31+,32+,33-,34+,35-,36+,41+,44+,45-/m1/s1. The van der Waals surface area contributed by atoms with Crippen molar-refractivity contribution in [3.8, 4) is 0 Å². The maximum Gasteiger partial charge on any atom is 0.331 e. The molecule has 0 amide bonds. The molecule has 16 nitrogen and oxygen atoms in total. The Hall–Kier alpha value is -3.74. The Kier molecular flexibility index (Phi) is 17.3. The maximum absolute atomic E-state index is 13.4. The molecule has 0 aliphatic carbocycles. The van der Waals surface area contributed by atoms with Crippen molar-refractivity contribution in [2.75, 3.05) is 14.2 Å². The van der Waals surface area contributed by atoms with Crippen LogP contribution in [0.4, 0.5) is 0 Å². The van der Waals surface area contributed by atoms with Gasteiger partial charge in [0.2, 0.25) is 5.79 Å². The minimum atomic E-state index is -2.45. The van der Waals surface area contributed by atoms with Crippen molar-refractivity contribution in [3.63, 3.8) is 0 Å². The molecule has 3 saturated heterocycles. The smallest absolute Gasteiger partial charge is 0.331 e. The molecule has 0 saturated carbocycles. The minimum Gasteiger partial charge on any atom is -0.466 e. The van der Waals surface area contributed by atoms with Crippen molar-refractivity contribution in [2.45, 2.75) is 172 Å². The van der Waals surface area contributed by atoms with E-state index in [1.165, 1.54) is 39.4 Å². The lowest BCUT2D eigenvalue weighted by Crippen LogP contribution is -2.62. The molecule has 4 heterocycles. The van der Waals surface area contributed by atoms with Gasteiger partial charge in [-0.05, 0) is 38.2 Å². The first-order chi connectivity index (χ1) is 28.6. The molecule has 11 atom stereocenters. The van der Waals surface area contributed by atoms with Crippen LogP contribution in [0.3, 0.4) is 0 Å². The SMILES string of the molecule is CCC/C=C/C=C/C(=O)O[C@H]1/C(=C/C(=O)OC)C[C@H]2C[C@H]([C@@H](C)O)OC(=O)C[C@@H](O)C[C@@H]3C[C@H](O)C(C)(C)[C@](O)(C[C@@H]4C/C(=C/C(=O)OC)C[C@H](/C=C\C(C)(C)[C@]1(O)O2)O4)O3. The molecular weight excluding hydrogens is 796 g/mol. The van der Waals surface area contributed by atoms with Gasteiger partial charge in [0.1, 0.15) is 6.10 Å². The predicted octanol–water partition coefficient (Wildman–Crippen LogP) is 3.71. The Labute approximate surface area is 358 Å². The van der Waals surface area contributed by atoms with Crippen molar-refractivity contribution >= 4 is 23.9 Å². The zero-order chi connectivity index (χ0) is 45.3. The molecule has 16 heteroatoms. The summed E-state index contributed by atoms with van der Waals surface area (Å²) < 4.78 is 40.7. The quantitative estimate of drug-likeness (QED) is 0.0770. The normalized spacial score (nSPS) is 37.1. The maximum atomic E-state index is 13.4. The van der Waals surface area contributed by atoms with E-state index < -0.39 is 108 Å². The molecule has 0 aromatic carbocycles. The average molecular weight is 863 g/mol. The van der Waals surface area contributed by atoms with Crippen LogP contribution >= 0.6 is 0 Å². The molecule has 0 unspecified atom stereocenters. The van der Waals surface area contributed by atoms with E-state index in [0.717, 1.165) is 18.9 Å². The van der Waals surface area contributed by atoms with Gasteiger partial charge in [0.25, 0.3) is 0 Å². The molecule has 0 radical (unpaired) electrons. The highest BCUT2D eigenvalue weighted by atomic mass is 16.7. The molecular formula is C45H66O16. The fourth-order valence-corrected chi connectivity index (χ4v) is 8.20. The van der Waals surface area contributed by atoms with Gasteiger partial charge in [-0.2, -0.15) is 0 Å². The average Bonchev–Trinajstić information content (AvgIpc) is 3.16. The van der Waals surface area contributed by atoms with Crippen LogP contribution in [0.5, 0.6) is 0 Å². The number of cyclic esters (lactones) is 1. The van der Waals surface area contributed by atoms with E-state index in [-0.39, 0.29) is 50.5 Å². The number of aliphatic hydroxyl groups excluding tert-OH is 3. The summed E-state index contributed by atoms with van der Waals surface area (Å²) in [6.07, 6.45) is 2.75. The van der Waals surface area contributed by atoms with Crippen molar-refractivity contribution < 1.29 is 77.9 Å². The molecule has 0 spiro atoms. The van der Waals surface area contributed by atoms with Gasteiger partial charge in [0.05, 0.1) is 63.4 Å². The van der Waals surface area contributed by atoms with Gasteiger partial charge in [-0.3, -0.25) is 4.79 Å². The molecule has 5 N–H and O–H groups in total. The third-order valence-electron chi connectivity index (χ3n) is 12.1. The zero-order valence-corrected chi connectivity index (χ0v) is 36.6. The minimum absolute atomic E-state index is 0.0448. The van der Waals surface area contributed by atoms with Gasteiger partial charge < -0.3 is 58.7 Å². The number of methoxy groups -OCH3 is 2. The Balaban J connectivity index is 1.87. The topological polar surface area (TPSA) is 234 Å². The summed E-state index contributed by atoms with van der Waals surface area (Å²) in [7, 11) is 2.41. The number of hydrogen-bond donors (Lipinski definition) is 5. The second-order valence-electron chi connectivity index (χ2n) is 17.7. The van der Waals surface area contributed by atoms with E-state index in [9.17, 15) is 44.7 Å². The fraction of sp³-hybridized carbons (Fsp3) is 0.689. The second-order valence-corrected chi connectivity index (χ2v) is 17.7. The van der Waals surface area contributed by atoms with Crippen LogP contribution in [0.2, 0.25) is 0 Å². The molecule has 4 aliphatic rings. The van der Waals surface area contributed by atoms with E-state index >= 15 is 0 Å². The first-order valence-electron chi connectivity index (χ1n) is 21.0. The Morgan fingerprint density at radius 1 is 0.885 bits per heavy atom. The largest absolute Gasteiger partial charge is 0.466 e. The predicted molar refractivity (Wildman–Crippen MR) is 219 cm³/mol. The number of aliphatic hydroxyl groups is 5. The highest BCUT2D eigenvalue weighted by Crippen LogP contribution is 2.49. The highest BCUT2D eigenvalue weighted by molar-refractivity contribution is 5.84. The van der Waals surface area contributed by atoms with Gasteiger partial charge in [-0.25, -0.2) is 14.4 Å². The molecule has 61 heavy (non-hydrogen) atoms. The summed E-state index contributed by atoms with van der Waals surface area (Å²) in [5, 5.41) is 58.3. The number of rotatable bonds is 8. The number of ether oxygens (including phenoxy) is 7. The molecule has 342 valence electrons. The fourth-order valence-electron chi connectivity index (χ4n) is 8.20. The monoisotopic (exact) mass is 862 g/mol. The number of esters is 4. The number of unbranched alkanes of at least 4 members (excludes halogenated alkanes) is 1. The third kappa shape index (κ3) is 12.7. The van der Waals surface area contributed by atoms with Gasteiger partial charge in [-0.1, -0.05) is 77.0 Å². The van der Waals surface area contributed by atoms with Crippen molar-refractivity contribution in [1.82, 2.24) is 0 Å². The Morgan fingerprint density at radius 3 is 2.23 bits per heavy atom. The van der Waals surface area contributed by atoms with Crippen molar-refractivity contribution in [1.29, 1.82) is 0 Å². The molecule has 3 fully saturated rings. The lowest BCUT2D eigenvalue weighted by Gasteiger charge is -2.53. The lowest BCUT2D eigenvalue weighted by atomic mass is 9.70. The zero-order valence-electron chi connectivity index (χ0n) is 36.6. The van der Waals surface area contributed by atoms with E-state index in [1.807, 2.05) is 13.0 Å². The third-order valence-corrected chi connectivity index (χ3v) is 12.1. The van der Waals surface area contributed by atoms with Crippen LogP contribution in [0, 0.1) is 10.8 Å². The van der Waals surface area contributed by atoms with Gasteiger partial charge in [0.15, 0.2) is 11.9 Å². The van der Waals surface area contributed by atoms with Crippen LogP contribution < -0.4 is 0 Å². The Morgan fingerprint density at radius 2 is 1.57 bits per heavy atom. The number of carbonyl (C=O) groups excluding carboxylic acids is 4. The number of allylic oxidation sites excluding steroid dienone is 3. The molecule has 6 bridgehead atoms. The summed E-state index contributed by atoms with van der Waals surface area (Å²) >= 11 is 0. The van der Waals surface area contributed by atoms with E-state index in [0.29, 0.717) is 5.57 Å². The van der Waals surface area contributed by atoms with Gasteiger partial charge in [-0.15, -0.1) is 0 Å². The summed E-state index contributed by atoms with van der Waals surface area (Å²) in [4.78, 5) is 52.0. The van der Waals surface area contributed by atoms with Crippen LogP contribution in [-0.2, 0) is 52.3 Å². The molecule has 0 aromatic rings. The van der Waals surface area contributed by atoms with E-state index in [1.54, 1.807) is 45.9 Å². The molecule has 4 rings (SSSR count). The summed E-state index contributed by atoms with van der Waals surface area (Å²) in [5.41, 5.74) is -2.00. The number of fused-ring (bicyclic) bond motifs is 6. The van der Waals surface area contributed by atoms with Crippen molar-refractivity contribution in [2.24, 2.45) is 10.8 Å². The molecule has 4 aliphatic heterocycles. The number of hydrogen-bond acceptors (Lipinski definition) is 16. The summed E-state index contributed by atoms with van der Waals surface area (Å²) in [6.45, 7) is 9.92. The summed E-state index contributed by atoms with van der Waals surface area (Å²) in [5.74, 6) is -7.61. The molecule has 0 aromatic heterocycles. The Bertz CT molecular complexity index is 1710. The first-order valence-corrected chi connectivity index (χ1v) is 21.0. The number of carbonyl (C=O) groups is 4. The van der Waals surface area contributed by atoms with Crippen LogP contribution in [-0.4, -0.2) is 130 Å². The van der Waals surface area contributed by atoms with E-state index in [4.69, 9.17) is 33.2 Å². The highest BCUT2D eigenvalue weighted by Gasteiger charge is 2.59. The van der Waals surface area contributed by atoms with Crippen LogP contribution in [0.25, 0.3) is 0 Å². The van der Waals surface area contributed by atoms with Gasteiger partial charge >= 0.3 is 23.9 Å².